The van der Waals surface area contributed by atoms with Crippen LogP contribution in [0.5, 0.6) is 0 Å². The van der Waals surface area contributed by atoms with Gasteiger partial charge in [-0.2, -0.15) is 0 Å². The fourth-order valence-corrected chi connectivity index (χ4v) is 2.20. The van der Waals surface area contributed by atoms with E-state index in [1.165, 1.54) is 0 Å². The normalized spacial score (nSPS) is 10.3. The molecule has 0 radical (unpaired) electrons. The molecule has 0 atom stereocenters. The number of rotatable bonds is 2. The number of amides is 1. The van der Waals surface area contributed by atoms with Crippen molar-refractivity contribution in [3.05, 3.63) is 33.0 Å². The molecule has 5 nitrogen and oxygen atoms in total. The minimum Gasteiger partial charge on any atom is -0.318 e. The number of carbonyl (C=O) groups is 1. The summed E-state index contributed by atoms with van der Waals surface area (Å²) in [7, 11) is 0. The van der Waals surface area contributed by atoms with Crippen LogP contribution in [0.15, 0.2) is 11.4 Å². The lowest BCUT2D eigenvalue weighted by Gasteiger charge is -2.08. The second-order valence-electron chi connectivity index (χ2n) is 3.17. The van der Waals surface area contributed by atoms with Crippen molar-refractivity contribution in [2.75, 3.05) is 5.32 Å². The van der Waals surface area contributed by atoms with E-state index in [-0.39, 0.29) is 21.9 Å². The lowest BCUT2D eigenvalue weighted by molar-refractivity contribution is 0.102. The number of aryl methyl sites for hydroxylation is 1. The SMILES string of the molecule is Cc1cc(Cl)nc(Cl)c1NC(=O)c1csnn1. The Balaban J connectivity index is 2.28. The van der Waals surface area contributed by atoms with Crippen LogP contribution in [0.25, 0.3) is 0 Å². The van der Waals surface area contributed by atoms with Gasteiger partial charge in [-0.05, 0) is 30.1 Å². The number of anilines is 1. The highest BCUT2D eigenvalue weighted by atomic mass is 35.5. The van der Waals surface area contributed by atoms with Gasteiger partial charge in [0.1, 0.15) is 5.15 Å². The summed E-state index contributed by atoms with van der Waals surface area (Å²) in [5, 5.41) is 8.24. The molecule has 2 aromatic rings. The summed E-state index contributed by atoms with van der Waals surface area (Å²) >= 11 is 12.7. The second-order valence-corrected chi connectivity index (χ2v) is 4.53. The molecular formula is C9H6Cl2N4OS. The molecule has 2 aromatic heterocycles. The van der Waals surface area contributed by atoms with E-state index in [1.807, 2.05) is 0 Å². The number of pyridine rings is 1. The third-order valence-electron chi connectivity index (χ3n) is 1.97. The van der Waals surface area contributed by atoms with Gasteiger partial charge in [-0.15, -0.1) is 5.10 Å². The van der Waals surface area contributed by atoms with Gasteiger partial charge in [0.05, 0.1) is 5.69 Å². The van der Waals surface area contributed by atoms with Crippen LogP contribution >= 0.6 is 34.7 Å². The first kappa shape index (κ1) is 12.2. The van der Waals surface area contributed by atoms with Crippen molar-refractivity contribution >= 4 is 46.3 Å². The summed E-state index contributed by atoms with van der Waals surface area (Å²) in [5.41, 5.74) is 1.39. The van der Waals surface area contributed by atoms with Crippen LogP contribution in [0.3, 0.4) is 0 Å². The third-order valence-corrected chi connectivity index (χ3v) is 2.94. The molecule has 2 rings (SSSR count). The van der Waals surface area contributed by atoms with Crippen LogP contribution in [0.4, 0.5) is 5.69 Å². The Bertz CT molecular complexity index is 535. The van der Waals surface area contributed by atoms with Crippen molar-refractivity contribution in [1.82, 2.24) is 14.6 Å². The number of carbonyl (C=O) groups excluding carboxylic acids is 1. The molecule has 0 unspecified atom stereocenters. The molecule has 8 heteroatoms. The molecule has 0 saturated carbocycles. The highest BCUT2D eigenvalue weighted by Gasteiger charge is 2.14. The van der Waals surface area contributed by atoms with Crippen molar-refractivity contribution in [3.63, 3.8) is 0 Å². The zero-order chi connectivity index (χ0) is 12.4. The van der Waals surface area contributed by atoms with E-state index in [0.29, 0.717) is 5.69 Å². The van der Waals surface area contributed by atoms with E-state index < -0.39 is 0 Å². The highest BCUT2D eigenvalue weighted by molar-refractivity contribution is 7.03. The summed E-state index contributed by atoms with van der Waals surface area (Å²) < 4.78 is 3.60. The van der Waals surface area contributed by atoms with Crippen LogP contribution in [-0.2, 0) is 0 Å². The largest absolute Gasteiger partial charge is 0.318 e. The van der Waals surface area contributed by atoms with Gasteiger partial charge in [0, 0.05) is 5.38 Å². The Kier molecular flexibility index (Phi) is 3.56. The van der Waals surface area contributed by atoms with Crippen LogP contribution < -0.4 is 5.32 Å². The fourth-order valence-electron chi connectivity index (χ4n) is 1.19. The van der Waals surface area contributed by atoms with Crippen molar-refractivity contribution < 1.29 is 4.79 Å². The van der Waals surface area contributed by atoms with Crippen LogP contribution in [0.2, 0.25) is 10.3 Å². The van der Waals surface area contributed by atoms with E-state index in [9.17, 15) is 4.79 Å². The second kappa shape index (κ2) is 4.95. The van der Waals surface area contributed by atoms with E-state index in [0.717, 1.165) is 17.1 Å². The van der Waals surface area contributed by atoms with Crippen molar-refractivity contribution in [1.29, 1.82) is 0 Å². The quantitative estimate of drug-likeness (QED) is 0.863. The Labute approximate surface area is 111 Å². The lowest BCUT2D eigenvalue weighted by atomic mass is 10.2. The van der Waals surface area contributed by atoms with Gasteiger partial charge in [-0.25, -0.2) is 4.98 Å². The predicted molar refractivity (Wildman–Crippen MR) is 66.9 cm³/mol. The molecular weight excluding hydrogens is 283 g/mol. The first-order valence-corrected chi connectivity index (χ1v) is 6.08. The van der Waals surface area contributed by atoms with Gasteiger partial charge in [-0.1, -0.05) is 27.7 Å². The van der Waals surface area contributed by atoms with Gasteiger partial charge in [0.25, 0.3) is 5.91 Å². The summed E-state index contributed by atoms with van der Waals surface area (Å²) in [6.07, 6.45) is 0. The Hall–Kier alpha value is -1.24. The molecule has 0 aromatic carbocycles. The van der Waals surface area contributed by atoms with Crippen molar-refractivity contribution in [2.45, 2.75) is 6.92 Å². The number of hydrogen-bond acceptors (Lipinski definition) is 5. The summed E-state index contributed by atoms with van der Waals surface area (Å²) in [4.78, 5) is 15.6. The fraction of sp³-hybridized carbons (Fsp3) is 0.111. The van der Waals surface area contributed by atoms with Crippen LogP contribution in [0.1, 0.15) is 16.1 Å². The average Bonchev–Trinajstić information content (AvgIpc) is 2.76. The molecule has 0 saturated heterocycles. The molecule has 0 aliphatic rings. The Morgan fingerprint density at radius 3 is 2.82 bits per heavy atom. The Morgan fingerprint density at radius 2 is 2.24 bits per heavy atom. The van der Waals surface area contributed by atoms with Crippen molar-refractivity contribution in [2.24, 2.45) is 0 Å². The molecule has 0 aliphatic heterocycles. The van der Waals surface area contributed by atoms with Gasteiger partial charge >= 0.3 is 0 Å². The first-order chi connectivity index (χ1) is 8.08. The number of nitrogens with one attached hydrogen (secondary N) is 1. The summed E-state index contributed by atoms with van der Waals surface area (Å²) in [6.45, 7) is 1.77. The van der Waals surface area contributed by atoms with E-state index in [1.54, 1.807) is 18.4 Å². The van der Waals surface area contributed by atoms with E-state index >= 15 is 0 Å². The molecule has 88 valence electrons. The summed E-state index contributed by atoms with van der Waals surface area (Å²) in [5.74, 6) is -0.382. The lowest BCUT2D eigenvalue weighted by Crippen LogP contribution is -2.14. The smallest absolute Gasteiger partial charge is 0.277 e. The minimum atomic E-state index is -0.382. The molecule has 0 spiro atoms. The topological polar surface area (TPSA) is 67.8 Å². The molecule has 2 heterocycles. The molecule has 17 heavy (non-hydrogen) atoms. The van der Waals surface area contributed by atoms with Gasteiger partial charge in [0.2, 0.25) is 0 Å². The summed E-state index contributed by atoms with van der Waals surface area (Å²) in [6, 6.07) is 1.61. The predicted octanol–water partition coefficient (Wildman–Crippen LogP) is 2.80. The number of nitrogens with zero attached hydrogens (tertiary/aromatic N) is 3. The molecule has 1 amide bonds. The zero-order valence-electron chi connectivity index (χ0n) is 8.57. The Morgan fingerprint density at radius 1 is 1.47 bits per heavy atom. The maximum absolute atomic E-state index is 11.7. The minimum absolute atomic E-state index is 0.145. The molecule has 0 bridgehead atoms. The zero-order valence-corrected chi connectivity index (χ0v) is 10.9. The standard InChI is InChI=1S/C9H6Cl2N4OS/c1-4-2-6(10)12-8(11)7(4)13-9(16)5-3-17-15-14-5/h2-3H,1H3,(H,13,16). The average molecular weight is 289 g/mol. The maximum Gasteiger partial charge on any atom is 0.277 e. The third kappa shape index (κ3) is 2.71. The first-order valence-electron chi connectivity index (χ1n) is 4.49. The van der Waals surface area contributed by atoms with E-state index in [4.69, 9.17) is 23.2 Å². The molecule has 0 fully saturated rings. The monoisotopic (exact) mass is 288 g/mol. The number of hydrogen-bond donors (Lipinski definition) is 1. The molecule has 0 aliphatic carbocycles. The molecule has 1 N–H and O–H groups in total. The maximum atomic E-state index is 11.7. The van der Waals surface area contributed by atoms with E-state index in [2.05, 4.69) is 19.9 Å². The van der Waals surface area contributed by atoms with Gasteiger partial charge in [-0.3, -0.25) is 4.79 Å². The van der Waals surface area contributed by atoms with Crippen LogP contribution in [-0.4, -0.2) is 20.5 Å². The number of halogens is 2. The van der Waals surface area contributed by atoms with Gasteiger partial charge in [0.15, 0.2) is 10.8 Å². The van der Waals surface area contributed by atoms with Gasteiger partial charge < -0.3 is 5.32 Å². The van der Waals surface area contributed by atoms with Crippen LogP contribution in [0, 0.1) is 6.92 Å². The highest BCUT2D eigenvalue weighted by Crippen LogP contribution is 2.26. The van der Waals surface area contributed by atoms with Crippen molar-refractivity contribution in [3.8, 4) is 0 Å². The number of aromatic nitrogens is 3.